The maximum absolute atomic E-state index is 12.2. The largest absolute Gasteiger partial charge is 0.383 e. The van der Waals surface area contributed by atoms with Gasteiger partial charge in [0.25, 0.3) is 5.91 Å². The lowest BCUT2D eigenvalue weighted by atomic mass is 9.99. The zero-order valence-corrected chi connectivity index (χ0v) is 12.0. The summed E-state index contributed by atoms with van der Waals surface area (Å²) in [5, 5.41) is 6.70. The number of ether oxygens (including phenoxy) is 1. The summed E-state index contributed by atoms with van der Waals surface area (Å²) in [4.78, 5) is 21.5. The Hall–Kier alpha value is -1.89. The van der Waals surface area contributed by atoms with E-state index in [2.05, 4.69) is 15.5 Å². The van der Waals surface area contributed by atoms with Crippen molar-refractivity contribution in [3.8, 4) is 0 Å². The van der Waals surface area contributed by atoms with Gasteiger partial charge in [0, 0.05) is 26.3 Å². The van der Waals surface area contributed by atoms with Gasteiger partial charge in [0.2, 0.25) is 5.60 Å². The van der Waals surface area contributed by atoms with Crippen LogP contribution in [0.25, 0.3) is 0 Å². The van der Waals surface area contributed by atoms with Crippen LogP contribution in [0.2, 0.25) is 0 Å². The van der Waals surface area contributed by atoms with Gasteiger partial charge >= 0.3 is 0 Å². The normalized spacial score (nSPS) is 21.4. The minimum absolute atomic E-state index is 0.169. The third kappa shape index (κ3) is 3.16. The molecule has 1 aliphatic rings. The monoisotopic (exact) mass is 280 g/mol. The van der Waals surface area contributed by atoms with Gasteiger partial charge in [-0.15, -0.1) is 0 Å². The molecule has 1 aromatic rings. The first-order valence-corrected chi connectivity index (χ1v) is 6.53. The fraction of sp³-hybridized carbons (Fsp3) is 0.615. The van der Waals surface area contributed by atoms with E-state index in [1.54, 1.807) is 26.6 Å². The first-order chi connectivity index (χ1) is 9.55. The molecule has 7 nitrogen and oxygen atoms in total. The molecule has 0 saturated heterocycles. The Morgan fingerprint density at radius 2 is 2.45 bits per heavy atom. The molecule has 1 aromatic heterocycles. The number of amides is 1. The molecular formula is C13H20N4O3. The molecule has 1 N–H and O–H groups in total. The molecule has 7 heteroatoms. The van der Waals surface area contributed by atoms with Crippen LogP contribution >= 0.6 is 0 Å². The molecule has 2 heterocycles. The van der Waals surface area contributed by atoms with E-state index in [1.165, 1.54) is 0 Å². The van der Waals surface area contributed by atoms with Crippen LogP contribution < -0.4 is 5.32 Å². The van der Waals surface area contributed by atoms with Crippen molar-refractivity contribution in [2.45, 2.75) is 39.0 Å². The number of carbonyl (C=O) groups excluding carboxylic acids is 1. The van der Waals surface area contributed by atoms with Crippen molar-refractivity contribution < 1.29 is 14.4 Å². The van der Waals surface area contributed by atoms with Gasteiger partial charge in [-0.1, -0.05) is 5.16 Å². The second-order valence-electron chi connectivity index (χ2n) is 5.08. The van der Waals surface area contributed by atoms with Crippen molar-refractivity contribution in [2.75, 3.05) is 13.7 Å². The van der Waals surface area contributed by atoms with Crippen molar-refractivity contribution in [2.24, 2.45) is 5.16 Å². The average molecular weight is 280 g/mol. The summed E-state index contributed by atoms with van der Waals surface area (Å²) >= 11 is 0. The van der Waals surface area contributed by atoms with E-state index < -0.39 is 5.60 Å². The van der Waals surface area contributed by atoms with Gasteiger partial charge in [0.15, 0.2) is 0 Å². The SMILES string of the molecule is COCCn1cncc1CNC(=O)C1(C)CC(C)=NO1. The summed E-state index contributed by atoms with van der Waals surface area (Å²) in [7, 11) is 1.65. The van der Waals surface area contributed by atoms with Crippen LogP contribution in [0.3, 0.4) is 0 Å². The summed E-state index contributed by atoms with van der Waals surface area (Å²) < 4.78 is 6.98. The fourth-order valence-corrected chi connectivity index (χ4v) is 2.10. The van der Waals surface area contributed by atoms with Crippen molar-refractivity contribution in [3.63, 3.8) is 0 Å². The highest BCUT2D eigenvalue weighted by Gasteiger charge is 2.40. The molecule has 0 fully saturated rings. The highest BCUT2D eigenvalue weighted by molar-refractivity contribution is 5.94. The zero-order valence-electron chi connectivity index (χ0n) is 12.0. The summed E-state index contributed by atoms with van der Waals surface area (Å²) in [6.07, 6.45) is 3.97. The van der Waals surface area contributed by atoms with Crippen molar-refractivity contribution in [3.05, 3.63) is 18.2 Å². The van der Waals surface area contributed by atoms with Crippen LogP contribution in [-0.4, -0.2) is 40.5 Å². The highest BCUT2D eigenvalue weighted by Crippen LogP contribution is 2.23. The molecule has 1 unspecified atom stereocenters. The van der Waals surface area contributed by atoms with Crippen LogP contribution in [0.1, 0.15) is 26.0 Å². The van der Waals surface area contributed by atoms with Crippen LogP contribution in [0, 0.1) is 0 Å². The van der Waals surface area contributed by atoms with Gasteiger partial charge in [0.05, 0.1) is 30.9 Å². The predicted molar refractivity (Wildman–Crippen MR) is 73.2 cm³/mol. The number of nitrogens with one attached hydrogen (secondary N) is 1. The lowest BCUT2D eigenvalue weighted by Crippen LogP contribution is -2.44. The number of nitrogens with zero attached hydrogens (tertiary/aromatic N) is 3. The second kappa shape index (κ2) is 6.04. The number of imidazole rings is 1. The molecule has 1 aliphatic heterocycles. The van der Waals surface area contributed by atoms with Crippen molar-refractivity contribution >= 4 is 11.6 Å². The first-order valence-electron chi connectivity index (χ1n) is 6.53. The number of hydrogen-bond acceptors (Lipinski definition) is 5. The maximum Gasteiger partial charge on any atom is 0.267 e. The van der Waals surface area contributed by atoms with Gasteiger partial charge < -0.3 is 19.5 Å². The zero-order chi connectivity index (χ0) is 14.6. The second-order valence-corrected chi connectivity index (χ2v) is 5.08. The van der Waals surface area contributed by atoms with Crippen LogP contribution in [0.15, 0.2) is 17.7 Å². The molecule has 2 rings (SSSR count). The third-order valence-electron chi connectivity index (χ3n) is 3.24. The molecule has 0 aliphatic carbocycles. The van der Waals surface area contributed by atoms with Gasteiger partial charge in [-0.2, -0.15) is 0 Å². The third-order valence-corrected chi connectivity index (χ3v) is 3.24. The molecule has 110 valence electrons. The molecule has 0 saturated carbocycles. The Morgan fingerprint density at radius 1 is 1.65 bits per heavy atom. The smallest absolute Gasteiger partial charge is 0.267 e. The van der Waals surface area contributed by atoms with E-state index in [0.29, 0.717) is 26.1 Å². The minimum Gasteiger partial charge on any atom is -0.383 e. The molecule has 1 atom stereocenters. The lowest BCUT2D eigenvalue weighted by Gasteiger charge is -2.20. The molecule has 0 radical (unpaired) electrons. The Balaban J connectivity index is 1.89. The highest BCUT2D eigenvalue weighted by atomic mass is 16.7. The fourth-order valence-electron chi connectivity index (χ4n) is 2.10. The van der Waals surface area contributed by atoms with E-state index >= 15 is 0 Å². The summed E-state index contributed by atoms with van der Waals surface area (Å²) in [6, 6.07) is 0. The van der Waals surface area contributed by atoms with Gasteiger partial charge in [0.1, 0.15) is 0 Å². The van der Waals surface area contributed by atoms with E-state index in [0.717, 1.165) is 11.4 Å². The van der Waals surface area contributed by atoms with Gasteiger partial charge in [-0.3, -0.25) is 4.79 Å². The predicted octanol–water partition coefficient (Wildman–Crippen LogP) is 0.701. The Bertz CT molecular complexity index is 511. The van der Waals surface area contributed by atoms with Crippen LogP contribution in [0.4, 0.5) is 0 Å². The van der Waals surface area contributed by atoms with E-state index in [4.69, 9.17) is 9.57 Å². The standard InChI is InChI=1S/C13H20N4O3/c1-10-6-13(2,20-16-10)12(18)15-8-11-7-14-9-17(11)4-5-19-3/h7,9H,4-6,8H2,1-3H3,(H,15,18). The van der Waals surface area contributed by atoms with Gasteiger partial charge in [-0.25, -0.2) is 4.98 Å². The molecule has 0 spiro atoms. The van der Waals surface area contributed by atoms with E-state index in [1.807, 2.05) is 11.5 Å². The van der Waals surface area contributed by atoms with E-state index in [9.17, 15) is 4.79 Å². The quantitative estimate of drug-likeness (QED) is 0.832. The van der Waals surface area contributed by atoms with Crippen LogP contribution in [-0.2, 0) is 27.5 Å². The number of hydrogen-bond donors (Lipinski definition) is 1. The topological polar surface area (TPSA) is 77.7 Å². The Morgan fingerprint density at radius 3 is 3.10 bits per heavy atom. The molecule has 1 amide bonds. The Labute approximate surface area is 118 Å². The van der Waals surface area contributed by atoms with Gasteiger partial charge in [-0.05, 0) is 13.8 Å². The maximum atomic E-state index is 12.2. The van der Waals surface area contributed by atoms with Crippen molar-refractivity contribution in [1.82, 2.24) is 14.9 Å². The molecule has 20 heavy (non-hydrogen) atoms. The van der Waals surface area contributed by atoms with Crippen LogP contribution in [0.5, 0.6) is 0 Å². The number of oxime groups is 1. The summed E-state index contributed by atoms with van der Waals surface area (Å²) in [5.41, 5.74) is 0.851. The summed E-state index contributed by atoms with van der Waals surface area (Å²) in [6.45, 7) is 5.30. The minimum atomic E-state index is -0.901. The summed E-state index contributed by atoms with van der Waals surface area (Å²) in [5.74, 6) is -0.169. The number of aromatic nitrogens is 2. The number of methoxy groups -OCH3 is 1. The number of rotatable bonds is 6. The molecule has 0 aromatic carbocycles. The van der Waals surface area contributed by atoms with E-state index in [-0.39, 0.29) is 5.91 Å². The average Bonchev–Trinajstić information content (AvgIpc) is 3.01. The first kappa shape index (κ1) is 14.5. The molecule has 0 bridgehead atoms. The van der Waals surface area contributed by atoms with Crippen molar-refractivity contribution in [1.29, 1.82) is 0 Å². The lowest BCUT2D eigenvalue weighted by molar-refractivity contribution is -0.141. The Kier molecular flexibility index (Phi) is 4.39. The number of carbonyl (C=O) groups is 1. The molecular weight excluding hydrogens is 260 g/mol.